The van der Waals surface area contributed by atoms with Crippen LogP contribution in [-0.2, 0) is 4.74 Å². The second kappa shape index (κ2) is 8.39. The third-order valence-electron chi connectivity index (χ3n) is 4.36. The summed E-state index contributed by atoms with van der Waals surface area (Å²) in [6.07, 6.45) is 1.48. The van der Waals surface area contributed by atoms with E-state index < -0.39 is 11.9 Å². The summed E-state index contributed by atoms with van der Waals surface area (Å²) >= 11 is 5.96. The molecule has 0 spiro atoms. The minimum absolute atomic E-state index is 0.0467. The molecule has 7 heteroatoms. The van der Waals surface area contributed by atoms with Gasteiger partial charge >= 0.3 is 11.9 Å². The highest BCUT2D eigenvalue weighted by atomic mass is 35.5. The molecule has 0 saturated carbocycles. The molecular formula is C23H16ClNO5. The summed E-state index contributed by atoms with van der Waals surface area (Å²) in [5, 5.41) is 0.528. The molecule has 2 aromatic heterocycles. The molecule has 0 aliphatic carbocycles. The van der Waals surface area contributed by atoms with Gasteiger partial charge in [-0.3, -0.25) is 0 Å². The molecule has 0 saturated heterocycles. The van der Waals surface area contributed by atoms with Gasteiger partial charge in [-0.25, -0.2) is 14.6 Å². The predicted octanol–water partition coefficient (Wildman–Crippen LogP) is 5.54. The van der Waals surface area contributed by atoms with Crippen LogP contribution in [-0.4, -0.2) is 23.5 Å². The number of aromatic nitrogens is 1. The zero-order valence-electron chi connectivity index (χ0n) is 15.9. The number of pyridine rings is 1. The van der Waals surface area contributed by atoms with E-state index in [9.17, 15) is 9.59 Å². The van der Waals surface area contributed by atoms with Crippen molar-refractivity contribution in [3.8, 4) is 17.1 Å². The molecule has 150 valence electrons. The van der Waals surface area contributed by atoms with Gasteiger partial charge in [0.2, 0.25) is 0 Å². The molecule has 4 rings (SSSR count). The van der Waals surface area contributed by atoms with Crippen LogP contribution < -0.4 is 4.74 Å². The van der Waals surface area contributed by atoms with Crippen LogP contribution in [0.1, 0.15) is 27.6 Å². The van der Waals surface area contributed by atoms with E-state index in [4.69, 9.17) is 25.5 Å². The van der Waals surface area contributed by atoms with Crippen LogP contribution in [0.15, 0.2) is 71.3 Å². The summed E-state index contributed by atoms with van der Waals surface area (Å²) in [7, 11) is 0. The Balaban J connectivity index is 1.78. The quantitative estimate of drug-likeness (QED) is 0.239. The van der Waals surface area contributed by atoms with Crippen molar-refractivity contribution in [3.63, 3.8) is 0 Å². The number of benzene rings is 2. The van der Waals surface area contributed by atoms with Crippen LogP contribution >= 0.6 is 11.6 Å². The Morgan fingerprint density at radius 2 is 1.83 bits per heavy atom. The number of carbonyl (C=O) groups excluding carboxylic acids is 2. The topological polar surface area (TPSA) is 78.6 Å². The molecule has 4 aromatic rings. The average Bonchev–Trinajstić information content (AvgIpc) is 3.14. The van der Waals surface area contributed by atoms with E-state index in [2.05, 4.69) is 4.98 Å². The number of nitrogens with zero attached hydrogens (tertiary/aromatic N) is 1. The van der Waals surface area contributed by atoms with Gasteiger partial charge in [-0.1, -0.05) is 41.9 Å². The third kappa shape index (κ3) is 3.77. The fraction of sp³-hybridized carbons (Fsp3) is 0.0870. The number of halogens is 1. The molecular weight excluding hydrogens is 406 g/mol. The maximum Gasteiger partial charge on any atom is 0.346 e. The highest BCUT2D eigenvalue weighted by molar-refractivity contribution is 6.32. The highest BCUT2D eigenvalue weighted by Gasteiger charge is 2.24. The van der Waals surface area contributed by atoms with Crippen molar-refractivity contribution in [2.45, 2.75) is 6.92 Å². The Morgan fingerprint density at radius 3 is 2.57 bits per heavy atom. The first kappa shape index (κ1) is 19.7. The lowest BCUT2D eigenvalue weighted by Gasteiger charge is -2.06. The molecule has 2 heterocycles. The first-order chi connectivity index (χ1) is 14.6. The van der Waals surface area contributed by atoms with Crippen molar-refractivity contribution in [2.75, 3.05) is 6.61 Å². The van der Waals surface area contributed by atoms with Gasteiger partial charge in [0.05, 0.1) is 12.2 Å². The van der Waals surface area contributed by atoms with Crippen LogP contribution in [0.2, 0.25) is 5.15 Å². The van der Waals surface area contributed by atoms with Crippen molar-refractivity contribution in [3.05, 3.63) is 83.1 Å². The maximum absolute atomic E-state index is 12.7. The third-order valence-corrected chi connectivity index (χ3v) is 4.67. The van der Waals surface area contributed by atoms with Crippen molar-refractivity contribution >= 4 is 34.5 Å². The molecule has 0 N–H and O–H groups in total. The smallest absolute Gasteiger partial charge is 0.346 e. The van der Waals surface area contributed by atoms with E-state index in [0.717, 1.165) is 5.56 Å². The molecule has 6 nitrogen and oxygen atoms in total. The van der Waals surface area contributed by atoms with Gasteiger partial charge in [-0.15, -0.1) is 0 Å². The maximum atomic E-state index is 12.7. The second-order valence-corrected chi connectivity index (χ2v) is 6.64. The molecule has 0 amide bonds. The summed E-state index contributed by atoms with van der Waals surface area (Å²) < 4.78 is 16.6. The lowest BCUT2D eigenvalue weighted by atomic mass is 10.1. The molecule has 0 radical (unpaired) electrons. The van der Waals surface area contributed by atoms with Crippen LogP contribution in [0.25, 0.3) is 22.3 Å². The van der Waals surface area contributed by atoms with Crippen LogP contribution in [0.5, 0.6) is 5.75 Å². The number of esters is 2. The Bertz CT molecular complexity index is 1230. The van der Waals surface area contributed by atoms with Crippen molar-refractivity contribution < 1.29 is 23.5 Å². The summed E-state index contributed by atoms with van der Waals surface area (Å²) in [4.78, 5) is 29.0. The number of rotatable bonds is 5. The van der Waals surface area contributed by atoms with Gasteiger partial charge in [0.1, 0.15) is 27.8 Å². The molecule has 0 aliphatic rings. The summed E-state index contributed by atoms with van der Waals surface area (Å²) in [6, 6.07) is 17.1. The Morgan fingerprint density at radius 1 is 1.03 bits per heavy atom. The van der Waals surface area contributed by atoms with Crippen molar-refractivity contribution in [2.24, 2.45) is 0 Å². The fourth-order valence-corrected chi connectivity index (χ4v) is 3.24. The standard InChI is InChI=1S/C23H16ClNO5/c1-2-28-23(27)19-17-13-15(29-22(26)16-9-6-12-25-21(16)24)10-11-18(17)30-20(19)14-7-4-3-5-8-14/h3-13H,2H2,1H3. The van der Waals surface area contributed by atoms with E-state index in [0.29, 0.717) is 16.7 Å². The van der Waals surface area contributed by atoms with E-state index in [-0.39, 0.29) is 28.6 Å². The first-order valence-electron chi connectivity index (χ1n) is 9.20. The molecule has 0 aliphatic heterocycles. The lowest BCUT2D eigenvalue weighted by molar-refractivity contribution is 0.0528. The highest BCUT2D eigenvalue weighted by Crippen LogP contribution is 2.36. The zero-order valence-corrected chi connectivity index (χ0v) is 16.7. The van der Waals surface area contributed by atoms with E-state index in [1.54, 1.807) is 31.2 Å². The minimum atomic E-state index is -0.656. The van der Waals surface area contributed by atoms with E-state index >= 15 is 0 Å². The summed E-state index contributed by atoms with van der Waals surface area (Å²) in [6.45, 7) is 1.95. The van der Waals surface area contributed by atoms with Gasteiger partial charge in [0, 0.05) is 17.1 Å². The number of fused-ring (bicyclic) bond motifs is 1. The van der Waals surface area contributed by atoms with Crippen molar-refractivity contribution in [1.82, 2.24) is 4.98 Å². The van der Waals surface area contributed by atoms with Gasteiger partial charge in [0.15, 0.2) is 0 Å². The largest absolute Gasteiger partial charge is 0.462 e. The van der Waals surface area contributed by atoms with Gasteiger partial charge in [0.25, 0.3) is 0 Å². The Hall–Kier alpha value is -3.64. The van der Waals surface area contributed by atoms with E-state index in [1.165, 1.54) is 12.3 Å². The predicted molar refractivity (Wildman–Crippen MR) is 112 cm³/mol. The number of hydrogen-bond donors (Lipinski definition) is 0. The van der Waals surface area contributed by atoms with Crippen LogP contribution in [0.4, 0.5) is 0 Å². The summed E-state index contributed by atoms with van der Waals surface area (Å²) in [5.74, 6) is -0.549. The number of carbonyl (C=O) groups is 2. The second-order valence-electron chi connectivity index (χ2n) is 6.28. The average molecular weight is 422 g/mol. The molecule has 0 bridgehead atoms. The van der Waals surface area contributed by atoms with Crippen LogP contribution in [0, 0.1) is 0 Å². The molecule has 0 fully saturated rings. The summed E-state index contributed by atoms with van der Waals surface area (Å²) in [5.41, 5.74) is 1.62. The molecule has 0 atom stereocenters. The normalized spacial score (nSPS) is 10.7. The van der Waals surface area contributed by atoms with Crippen molar-refractivity contribution in [1.29, 1.82) is 0 Å². The Labute approximate surface area is 177 Å². The van der Waals surface area contributed by atoms with Gasteiger partial charge < -0.3 is 13.9 Å². The fourth-order valence-electron chi connectivity index (χ4n) is 3.04. The van der Waals surface area contributed by atoms with Gasteiger partial charge in [-0.05, 0) is 37.3 Å². The molecule has 2 aromatic carbocycles. The SMILES string of the molecule is CCOC(=O)c1c(-c2ccccc2)oc2ccc(OC(=O)c3cccnc3Cl)cc12. The number of ether oxygens (including phenoxy) is 2. The molecule has 0 unspecified atom stereocenters. The molecule has 30 heavy (non-hydrogen) atoms. The first-order valence-corrected chi connectivity index (χ1v) is 9.58. The number of furan rings is 1. The van der Waals surface area contributed by atoms with E-state index in [1.807, 2.05) is 30.3 Å². The lowest BCUT2D eigenvalue weighted by Crippen LogP contribution is -2.10. The monoisotopic (exact) mass is 421 g/mol. The minimum Gasteiger partial charge on any atom is -0.462 e. The number of hydrogen-bond acceptors (Lipinski definition) is 6. The zero-order chi connectivity index (χ0) is 21.1. The van der Waals surface area contributed by atoms with Gasteiger partial charge in [-0.2, -0.15) is 0 Å². The Kier molecular flexibility index (Phi) is 5.50. The van der Waals surface area contributed by atoms with Crippen LogP contribution in [0.3, 0.4) is 0 Å².